The fourth-order valence-electron chi connectivity index (χ4n) is 3.28. The van der Waals surface area contributed by atoms with Gasteiger partial charge in [-0.15, -0.1) is 0 Å². The summed E-state index contributed by atoms with van der Waals surface area (Å²) in [6, 6.07) is 16.5. The third kappa shape index (κ3) is 2.89. The van der Waals surface area contributed by atoms with Crippen molar-refractivity contribution >= 4 is 33.5 Å². The lowest BCUT2D eigenvalue weighted by molar-refractivity contribution is 0.102. The summed E-state index contributed by atoms with van der Waals surface area (Å²) >= 11 is 0. The van der Waals surface area contributed by atoms with Crippen LogP contribution in [0.5, 0.6) is 17.2 Å². The molecule has 0 saturated heterocycles. The Labute approximate surface area is 161 Å². The zero-order valence-electron chi connectivity index (χ0n) is 15.7. The van der Waals surface area contributed by atoms with E-state index >= 15 is 0 Å². The molecule has 1 aromatic heterocycles. The molecule has 6 nitrogen and oxygen atoms in total. The summed E-state index contributed by atoms with van der Waals surface area (Å²) in [5.41, 5.74) is 2.23. The van der Waals surface area contributed by atoms with Gasteiger partial charge in [-0.2, -0.15) is 0 Å². The Balaban J connectivity index is 1.79. The van der Waals surface area contributed by atoms with Gasteiger partial charge >= 0.3 is 0 Å². The van der Waals surface area contributed by atoms with Crippen LogP contribution in [0.4, 0.5) is 5.69 Å². The molecule has 6 heteroatoms. The van der Waals surface area contributed by atoms with Gasteiger partial charge in [0.1, 0.15) is 34.0 Å². The number of rotatable bonds is 5. The summed E-state index contributed by atoms with van der Waals surface area (Å²) in [6.45, 7) is 0. The number of anilines is 1. The van der Waals surface area contributed by atoms with E-state index in [0.29, 0.717) is 34.1 Å². The number of ether oxygens (including phenoxy) is 3. The molecular weight excluding hydrogens is 358 g/mol. The molecule has 4 rings (SSSR count). The van der Waals surface area contributed by atoms with Gasteiger partial charge in [0, 0.05) is 16.8 Å². The first-order chi connectivity index (χ1) is 13.7. The maximum Gasteiger partial charge on any atom is 0.263 e. The predicted molar refractivity (Wildman–Crippen MR) is 108 cm³/mol. The molecule has 0 fully saturated rings. The van der Waals surface area contributed by atoms with Gasteiger partial charge in [-0.1, -0.05) is 24.3 Å². The molecule has 0 atom stereocenters. The minimum absolute atomic E-state index is 0.305. The van der Waals surface area contributed by atoms with E-state index in [1.807, 2.05) is 30.3 Å². The second-order valence-corrected chi connectivity index (χ2v) is 6.14. The highest BCUT2D eigenvalue weighted by Gasteiger charge is 2.20. The molecule has 0 spiro atoms. The molecule has 0 unspecified atom stereocenters. The summed E-state index contributed by atoms with van der Waals surface area (Å²) in [5.74, 6) is 0.991. The standard InChI is InChI=1S/C22H19NO5/c1-25-17-9-6-10-18(26-2)21(17)22(24)23-15-12-19-14(11-20(15)27-3)13-7-4-5-8-16(13)28-19/h4-12H,1-3H3,(H,23,24). The molecule has 28 heavy (non-hydrogen) atoms. The molecule has 1 heterocycles. The molecule has 0 aliphatic carbocycles. The van der Waals surface area contributed by atoms with Crippen LogP contribution in [0, 0.1) is 0 Å². The van der Waals surface area contributed by atoms with E-state index in [0.717, 1.165) is 16.4 Å². The molecule has 0 bridgehead atoms. The Morgan fingerprint density at radius 1 is 0.786 bits per heavy atom. The highest BCUT2D eigenvalue weighted by Crippen LogP contribution is 2.37. The van der Waals surface area contributed by atoms with Crippen molar-refractivity contribution in [3.05, 3.63) is 60.2 Å². The Hall–Kier alpha value is -3.67. The maximum atomic E-state index is 13.0. The van der Waals surface area contributed by atoms with Crippen LogP contribution in [0.3, 0.4) is 0 Å². The van der Waals surface area contributed by atoms with Crippen molar-refractivity contribution in [3.8, 4) is 17.2 Å². The van der Waals surface area contributed by atoms with Crippen LogP contribution in [0.1, 0.15) is 10.4 Å². The van der Waals surface area contributed by atoms with Gasteiger partial charge in [0.15, 0.2) is 0 Å². The van der Waals surface area contributed by atoms with Crippen molar-refractivity contribution in [2.24, 2.45) is 0 Å². The largest absolute Gasteiger partial charge is 0.496 e. The number of para-hydroxylation sites is 1. The van der Waals surface area contributed by atoms with E-state index in [1.54, 1.807) is 31.4 Å². The van der Waals surface area contributed by atoms with E-state index in [-0.39, 0.29) is 5.91 Å². The van der Waals surface area contributed by atoms with Gasteiger partial charge in [-0.25, -0.2) is 0 Å². The summed E-state index contributed by atoms with van der Waals surface area (Å²) in [6.07, 6.45) is 0. The van der Waals surface area contributed by atoms with E-state index in [4.69, 9.17) is 18.6 Å². The molecule has 142 valence electrons. The van der Waals surface area contributed by atoms with Crippen molar-refractivity contribution < 1.29 is 23.4 Å². The number of fused-ring (bicyclic) bond motifs is 3. The number of benzene rings is 3. The van der Waals surface area contributed by atoms with Gasteiger partial charge in [0.05, 0.1) is 27.0 Å². The van der Waals surface area contributed by atoms with Gasteiger partial charge in [0.2, 0.25) is 0 Å². The third-order valence-electron chi connectivity index (χ3n) is 4.60. The van der Waals surface area contributed by atoms with Crippen molar-refractivity contribution in [3.63, 3.8) is 0 Å². The van der Waals surface area contributed by atoms with Crippen LogP contribution in [-0.2, 0) is 0 Å². The Morgan fingerprint density at radius 2 is 1.46 bits per heavy atom. The number of hydrogen-bond donors (Lipinski definition) is 1. The minimum Gasteiger partial charge on any atom is -0.496 e. The van der Waals surface area contributed by atoms with Crippen LogP contribution >= 0.6 is 0 Å². The summed E-state index contributed by atoms with van der Waals surface area (Å²) in [7, 11) is 4.57. The monoisotopic (exact) mass is 377 g/mol. The first-order valence-corrected chi connectivity index (χ1v) is 8.68. The van der Waals surface area contributed by atoms with Crippen LogP contribution in [0.15, 0.2) is 59.0 Å². The lowest BCUT2D eigenvalue weighted by atomic mass is 10.1. The van der Waals surface area contributed by atoms with Crippen LogP contribution < -0.4 is 19.5 Å². The predicted octanol–water partition coefficient (Wildman–Crippen LogP) is 4.86. The molecule has 4 aromatic rings. The average Bonchev–Trinajstić information content (AvgIpc) is 3.09. The highest BCUT2D eigenvalue weighted by molar-refractivity contribution is 6.11. The Kier molecular flexibility index (Phi) is 4.53. The lowest BCUT2D eigenvalue weighted by Gasteiger charge is -2.14. The Bertz CT molecular complexity index is 1160. The third-order valence-corrected chi connectivity index (χ3v) is 4.60. The molecule has 0 radical (unpaired) electrons. The lowest BCUT2D eigenvalue weighted by Crippen LogP contribution is -2.15. The molecule has 0 saturated carbocycles. The zero-order valence-corrected chi connectivity index (χ0v) is 15.7. The van der Waals surface area contributed by atoms with Crippen molar-refractivity contribution in [2.45, 2.75) is 0 Å². The molecule has 1 N–H and O–H groups in total. The van der Waals surface area contributed by atoms with Crippen LogP contribution in [-0.4, -0.2) is 27.2 Å². The zero-order chi connectivity index (χ0) is 19.7. The van der Waals surface area contributed by atoms with E-state index in [1.165, 1.54) is 14.2 Å². The van der Waals surface area contributed by atoms with E-state index < -0.39 is 0 Å². The summed E-state index contributed by atoms with van der Waals surface area (Å²) < 4.78 is 22.1. The number of carbonyl (C=O) groups excluding carboxylic acids is 1. The first-order valence-electron chi connectivity index (χ1n) is 8.68. The number of methoxy groups -OCH3 is 3. The fraction of sp³-hybridized carbons (Fsp3) is 0.136. The molecule has 0 aliphatic rings. The average molecular weight is 377 g/mol. The minimum atomic E-state index is -0.372. The Morgan fingerprint density at radius 3 is 2.14 bits per heavy atom. The van der Waals surface area contributed by atoms with Crippen LogP contribution in [0.2, 0.25) is 0 Å². The van der Waals surface area contributed by atoms with E-state index in [9.17, 15) is 4.79 Å². The molecule has 1 amide bonds. The molecule has 0 aliphatic heterocycles. The number of nitrogens with one attached hydrogen (secondary N) is 1. The first kappa shape index (κ1) is 17.7. The van der Waals surface area contributed by atoms with Gasteiger partial charge in [0.25, 0.3) is 5.91 Å². The second kappa shape index (κ2) is 7.15. The van der Waals surface area contributed by atoms with Gasteiger partial charge in [-0.3, -0.25) is 4.79 Å². The summed E-state index contributed by atoms with van der Waals surface area (Å²) in [5, 5.41) is 4.78. The molecular formula is C22H19NO5. The number of furan rings is 1. The molecule has 3 aromatic carbocycles. The summed E-state index contributed by atoms with van der Waals surface area (Å²) in [4.78, 5) is 13.0. The number of hydrogen-bond acceptors (Lipinski definition) is 5. The van der Waals surface area contributed by atoms with E-state index in [2.05, 4.69) is 5.32 Å². The highest BCUT2D eigenvalue weighted by atomic mass is 16.5. The van der Waals surface area contributed by atoms with Crippen molar-refractivity contribution in [1.29, 1.82) is 0 Å². The smallest absolute Gasteiger partial charge is 0.263 e. The van der Waals surface area contributed by atoms with Crippen molar-refractivity contribution in [2.75, 3.05) is 26.6 Å². The van der Waals surface area contributed by atoms with Crippen LogP contribution in [0.25, 0.3) is 21.9 Å². The number of amides is 1. The topological polar surface area (TPSA) is 69.9 Å². The second-order valence-electron chi connectivity index (χ2n) is 6.14. The normalized spacial score (nSPS) is 10.8. The van der Waals surface area contributed by atoms with Gasteiger partial charge < -0.3 is 23.9 Å². The van der Waals surface area contributed by atoms with Gasteiger partial charge in [-0.05, 0) is 24.3 Å². The fourth-order valence-corrected chi connectivity index (χ4v) is 3.28. The SMILES string of the molecule is COc1cc2c(cc1NC(=O)c1c(OC)cccc1OC)oc1ccccc12. The maximum absolute atomic E-state index is 13.0. The number of carbonyl (C=O) groups is 1. The van der Waals surface area contributed by atoms with Crippen molar-refractivity contribution in [1.82, 2.24) is 0 Å². The quantitative estimate of drug-likeness (QED) is 0.538.